The van der Waals surface area contributed by atoms with E-state index in [0.717, 1.165) is 36.9 Å². The van der Waals surface area contributed by atoms with Crippen molar-refractivity contribution in [1.29, 1.82) is 0 Å². The van der Waals surface area contributed by atoms with Crippen molar-refractivity contribution in [3.63, 3.8) is 0 Å². The summed E-state index contributed by atoms with van der Waals surface area (Å²) in [6.45, 7) is 1.74. The first-order valence-electron chi connectivity index (χ1n) is 7.00. The fourth-order valence-electron chi connectivity index (χ4n) is 3.53. The first-order chi connectivity index (χ1) is 9.06. The van der Waals surface area contributed by atoms with Gasteiger partial charge in [0.1, 0.15) is 0 Å². The first-order valence-corrected chi connectivity index (χ1v) is 7.38. The molecule has 2 saturated heterocycles. The summed E-state index contributed by atoms with van der Waals surface area (Å²) in [6, 6.07) is 6.61. The molecule has 1 aromatic rings. The van der Waals surface area contributed by atoms with Gasteiger partial charge in [-0.1, -0.05) is 17.7 Å². The van der Waals surface area contributed by atoms with Crippen molar-refractivity contribution in [1.82, 2.24) is 0 Å². The summed E-state index contributed by atoms with van der Waals surface area (Å²) in [5.41, 5.74) is 1.89. The molecular formula is C15H20ClNO2. The van der Waals surface area contributed by atoms with Gasteiger partial charge < -0.3 is 15.1 Å². The molecule has 2 fully saturated rings. The van der Waals surface area contributed by atoms with Crippen LogP contribution in [0.15, 0.2) is 18.2 Å². The number of hydrogen-bond acceptors (Lipinski definition) is 3. The molecule has 0 radical (unpaired) electrons. The Bertz CT molecular complexity index is 463. The van der Waals surface area contributed by atoms with Gasteiger partial charge in [-0.15, -0.1) is 0 Å². The summed E-state index contributed by atoms with van der Waals surface area (Å²) < 4.78 is 0. The molecule has 0 aromatic heterocycles. The Morgan fingerprint density at radius 3 is 2.42 bits per heavy atom. The summed E-state index contributed by atoms with van der Waals surface area (Å²) in [4.78, 5) is 2.38. The molecule has 3 rings (SSSR count). The van der Waals surface area contributed by atoms with Gasteiger partial charge in [0.15, 0.2) is 0 Å². The molecule has 104 valence electrons. The number of halogens is 1. The van der Waals surface area contributed by atoms with E-state index in [1.807, 2.05) is 18.2 Å². The average Bonchev–Trinajstić information content (AvgIpc) is 2.62. The van der Waals surface area contributed by atoms with Crippen molar-refractivity contribution in [2.24, 2.45) is 0 Å². The lowest BCUT2D eigenvalue weighted by molar-refractivity contribution is 0.126. The Labute approximate surface area is 118 Å². The van der Waals surface area contributed by atoms with E-state index in [1.54, 1.807) is 6.92 Å². The number of benzene rings is 1. The van der Waals surface area contributed by atoms with Gasteiger partial charge in [-0.3, -0.25) is 0 Å². The monoisotopic (exact) mass is 281 g/mol. The molecule has 3 atom stereocenters. The standard InChI is InChI=1S/C15H20ClNO2/c1-9(18)10-2-5-15(14(16)6-10)17-11-3-4-12(17)8-13(19)7-11/h2,5-6,9,11-13,18-19H,3-4,7-8H2,1H3. The average molecular weight is 282 g/mol. The summed E-state index contributed by atoms with van der Waals surface area (Å²) >= 11 is 6.39. The highest BCUT2D eigenvalue weighted by Crippen LogP contribution is 2.42. The molecule has 1 aromatic carbocycles. The largest absolute Gasteiger partial charge is 0.393 e. The van der Waals surface area contributed by atoms with Crippen LogP contribution in [0.4, 0.5) is 5.69 Å². The highest BCUT2D eigenvalue weighted by Gasteiger charge is 2.40. The van der Waals surface area contributed by atoms with Crippen LogP contribution in [-0.4, -0.2) is 28.4 Å². The Morgan fingerprint density at radius 1 is 1.26 bits per heavy atom. The molecule has 4 heteroatoms. The number of anilines is 1. The Balaban J connectivity index is 1.91. The molecule has 2 heterocycles. The zero-order valence-electron chi connectivity index (χ0n) is 11.1. The van der Waals surface area contributed by atoms with Crippen molar-refractivity contribution in [3.05, 3.63) is 28.8 Å². The third-order valence-electron chi connectivity index (χ3n) is 4.44. The first kappa shape index (κ1) is 13.2. The van der Waals surface area contributed by atoms with Crippen LogP contribution in [0.25, 0.3) is 0 Å². The van der Waals surface area contributed by atoms with Gasteiger partial charge >= 0.3 is 0 Å². The number of rotatable bonds is 2. The lowest BCUT2D eigenvalue weighted by Gasteiger charge is -2.39. The maximum atomic E-state index is 9.85. The number of hydrogen-bond donors (Lipinski definition) is 2. The van der Waals surface area contributed by atoms with Gasteiger partial charge in [-0.2, -0.15) is 0 Å². The number of piperidine rings is 1. The second-order valence-corrected chi connectivity index (χ2v) is 6.21. The summed E-state index contributed by atoms with van der Waals surface area (Å²) in [5, 5.41) is 20.1. The van der Waals surface area contributed by atoms with Crippen molar-refractivity contribution in [2.45, 2.75) is 56.9 Å². The van der Waals surface area contributed by atoms with Gasteiger partial charge in [0.25, 0.3) is 0 Å². The highest BCUT2D eigenvalue weighted by atomic mass is 35.5. The maximum absolute atomic E-state index is 9.85. The van der Waals surface area contributed by atoms with E-state index in [9.17, 15) is 10.2 Å². The summed E-state index contributed by atoms with van der Waals surface area (Å²) in [7, 11) is 0. The number of aliphatic hydroxyl groups is 2. The molecule has 3 nitrogen and oxygen atoms in total. The van der Waals surface area contributed by atoms with Gasteiger partial charge in [0, 0.05) is 12.1 Å². The van der Waals surface area contributed by atoms with Crippen LogP contribution in [0.5, 0.6) is 0 Å². The van der Waals surface area contributed by atoms with E-state index in [-0.39, 0.29) is 6.10 Å². The topological polar surface area (TPSA) is 43.7 Å². The van der Waals surface area contributed by atoms with Crippen LogP contribution in [0, 0.1) is 0 Å². The van der Waals surface area contributed by atoms with Crippen LogP contribution < -0.4 is 4.90 Å². The van der Waals surface area contributed by atoms with Gasteiger partial charge in [-0.25, -0.2) is 0 Å². The lowest BCUT2D eigenvalue weighted by atomic mass is 9.98. The van der Waals surface area contributed by atoms with Gasteiger partial charge in [-0.05, 0) is 50.3 Å². The molecule has 2 aliphatic rings. The molecule has 0 spiro atoms. The van der Waals surface area contributed by atoms with Crippen LogP contribution in [-0.2, 0) is 0 Å². The zero-order chi connectivity index (χ0) is 13.6. The molecule has 0 aliphatic carbocycles. The van der Waals surface area contributed by atoms with E-state index in [0.29, 0.717) is 17.1 Å². The lowest BCUT2D eigenvalue weighted by Crippen LogP contribution is -2.44. The minimum atomic E-state index is -0.494. The van der Waals surface area contributed by atoms with Crippen molar-refractivity contribution < 1.29 is 10.2 Å². The van der Waals surface area contributed by atoms with Crippen molar-refractivity contribution in [2.75, 3.05) is 4.90 Å². The maximum Gasteiger partial charge on any atom is 0.0762 e. The molecule has 2 N–H and O–H groups in total. The van der Waals surface area contributed by atoms with Crippen molar-refractivity contribution >= 4 is 17.3 Å². The van der Waals surface area contributed by atoms with Crippen LogP contribution >= 0.6 is 11.6 Å². The zero-order valence-corrected chi connectivity index (χ0v) is 11.8. The smallest absolute Gasteiger partial charge is 0.0762 e. The van der Waals surface area contributed by atoms with Crippen molar-refractivity contribution in [3.8, 4) is 0 Å². The fourth-order valence-corrected chi connectivity index (χ4v) is 3.82. The van der Waals surface area contributed by atoms with Crippen LogP contribution in [0.3, 0.4) is 0 Å². The molecule has 0 amide bonds. The number of nitrogens with zero attached hydrogens (tertiary/aromatic N) is 1. The quantitative estimate of drug-likeness (QED) is 0.876. The summed E-state index contributed by atoms with van der Waals surface area (Å²) in [5.74, 6) is 0. The number of fused-ring (bicyclic) bond motifs is 2. The van der Waals surface area contributed by atoms with E-state index < -0.39 is 6.10 Å². The van der Waals surface area contributed by atoms with E-state index >= 15 is 0 Å². The molecule has 19 heavy (non-hydrogen) atoms. The van der Waals surface area contributed by atoms with Crippen LogP contribution in [0.1, 0.15) is 44.3 Å². The minimum Gasteiger partial charge on any atom is -0.393 e. The predicted molar refractivity (Wildman–Crippen MR) is 76.6 cm³/mol. The SMILES string of the molecule is CC(O)c1ccc(N2C3CCC2CC(O)C3)c(Cl)c1. The molecule has 3 unspecified atom stereocenters. The molecular weight excluding hydrogens is 262 g/mol. The second kappa shape index (κ2) is 4.97. The Hall–Kier alpha value is -0.770. The fraction of sp³-hybridized carbons (Fsp3) is 0.600. The molecule has 2 bridgehead atoms. The van der Waals surface area contributed by atoms with E-state index in [2.05, 4.69) is 4.90 Å². The third-order valence-corrected chi connectivity index (χ3v) is 4.74. The number of aliphatic hydroxyl groups excluding tert-OH is 2. The third kappa shape index (κ3) is 2.35. The normalized spacial score (nSPS) is 31.6. The van der Waals surface area contributed by atoms with E-state index in [1.165, 1.54) is 0 Å². The molecule has 0 saturated carbocycles. The van der Waals surface area contributed by atoms with E-state index in [4.69, 9.17) is 11.6 Å². The minimum absolute atomic E-state index is 0.163. The van der Waals surface area contributed by atoms with Crippen LogP contribution in [0.2, 0.25) is 5.02 Å². The Kier molecular flexibility index (Phi) is 3.46. The highest BCUT2D eigenvalue weighted by molar-refractivity contribution is 6.33. The predicted octanol–water partition coefficient (Wildman–Crippen LogP) is 2.89. The van der Waals surface area contributed by atoms with Gasteiger partial charge in [0.05, 0.1) is 22.9 Å². The molecule has 2 aliphatic heterocycles. The second-order valence-electron chi connectivity index (χ2n) is 5.80. The summed E-state index contributed by atoms with van der Waals surface area (Å²) in [6.07, 6.45) is 3.29. The Morgan fingerprint density at radius 2 is 1.89 bits per heavy atom. The van der Waals surface area contributed by atoms with Gasteiger partial charge in [0.2, 0.25) is 0 Å².